The Morgan fingerprint density at radius 1 is 1.30 bits per heavy atom. The van der Waals surface area contributed by atoms with Gasteiger partial charge in [-0.1, -0.05) is 11.8 Å². The molecule has 0 spiro atoms. The highest BCUT2D eigenvalue weighted by molar-refractivity contribution is 5.94. The normalized spacial score (nSPS) is 9.40. The van der Waals surface area contributed by atoms with Crippen LogP contribution in [0.25, 0.3) is 0 Å². The van der Waals surface area contributed by atoms with Gasteiger partial charge in [0, 0.05) is 32.9 Å². The molecule has 1 rings (SSSR count). The van der Waals surface area contributed by atoms with Crippen LogP contribution in [0.4, 0.5) is 0 Å². The highest BCUT2D eigenvalue weighted by Crippen LogP contribution is 2.02. The van der Waals surface area contributed by atoms with Crippen molar-refractivity contribution in [1.29, 1.82) is 0 Å². The molecule has 1 aromatic rings. The first-order chi connectivity index (χ1) is 9.45. The van der Waals surface area contributed by atoms with Gasteiger partial charge in [-0.2, -0.15) is 0 Å². The lowest BCUT2D eigenvalue weighted by atomic mass is 10.2. The molecule has 1 heterocycles. The van der Waals surface area contributed by atoms with Crippen LogP contribution in [0.15, 0.2) is 18.3 Å². The quantitative estimate of drug-likeness (QED) is 0.757. The zero-order chi connectivity index (χ0) is 15.1. The van der Waals surface area contributed by atoms with Crippen molar-refractivity contribution in [2.45, 2.75) is 0 Å². The molecule has 106 valence electrons. The second-order valence-electron chi connectivity index (χ2n) is 4.39. The molecule has 2 N–H and O–H groups in total. The van der Waals surface area contributed by atoms with Gasteiger partial charge in [-0.25, -0.2) is 4.98 Å². The first kappa shape index (κ1) is 15.7. The molecule has 6 nitrogen and oxygen atoms in total. The van der Waals surface area contributed by atoms with E-state index in [0.717, 1.165) is 0 Å². The Kier molecular flexibility index (Phi) is 5.69. The van der Waals surface area contributed by atoms with E-state index in [-0.39, 0.29) is 30.6 Å². The van der Waals surface area contributed by atoms with E-state index < -0.39 is 0 Å². The van der Waals surface area contributed by atoms with Crippen molar-refractivity contribution in [2.24, 2.45) is 5.73 Å². The number of nitrogens with two attached hydrogens (primary N) is 1. The van der Waals surface area contributed by atoms with Crippen molar-refractivity contribution in [2.75, 3.05) is 34.2 Å². The molecule has 0 saturated heterocycles. The van der Waals surface area contributed by atoms with Gasteiger partial charge >= 0.3 is 0 Å². The molecule has 0 bridgehead atoms. The Morgan fingerprint density at radius 3 is 2.50 bits per heavy atom. The van der Waals surface area contributed by atoms with Crippen LogP contribution in [0.5, 0.6) is 0 Å². The molecule has 6 heteroatoms. The van der Waals surface area contributed by atoms with Crippen LogP contribution in [0.2, 0.25) is 0 Å². The lowest BCUT2D eigenvalue weighted by molar-refractivity contribution is -0.129. The number of amides is 2. The number of carbonyl (C=O) groups excluding carboxylic acids is 2. The number of hydrogen-bond acceptors (Lipinski definition) is 4. The van der Waals surface area contributed by atoms with Crippen LogP contribution >= 0.6 is 0 Å². The van der Waals surface area contributed by atoms with Crippen LogP contribution in [0.1, 0.15) is 16.1 Å². The van der Waals surface area contributed by atoms with Gasteiger partial charge in [0.2, 0.25) is 5.91 Å². The standard InChI is InChI=1S/C14H18N4O2/c1-17(2)13(19)10-18(3)14(20)12-7-6-11(9-16-12)5-4-8-15/h6-7,9H,8,10,15H2,1-3H3. The van der Waals surface area contributed by atoms with E-state index >= 15 is 0 Å². The number of carbonyl (C=O) groups is 2. The van der Waals surface area contributed by atoms with Gasteiger partial charge in [0.05, 0.1) is 13.1 Å². The molecule has 2 amide bonds. The van der Waals surface area contributed by atoms with Crippen molar-refractivity contribution in [3.05, 3.63) is 29.6 Å². The number of hydrogen-bond donors (Lipinski definition) is 1. The van der Waals surface area contributed by atoms with E-state index in [9.17, 15) is 9.59 Å². The Morgan fingerprint density at radius 2 is 2.00 bits per heavy atom. The largest absolute Gasteiger partial charge is 0.347 e. The summed E-state index contributed by atoms with van der Waals surface area (Å²) in [7, 11) is 4.85. The molecular formula is C14H18N4O2. The highest BCUT2D eigenvalue weighted by Gasteiger charge is 2.16. The van der Waals surface area contributed by atoms with Gasteiger partial charge in [0.15, 0.2) is 0 Å². The van der Waals surface area contributed by atoms with Crippen molar-refractivity contribution in [3.63, 3.8) is 0 Å². The molecular weight excluding hydrogens is 256 g/mol. The predicted molar refractivity (Wildman–Crippen MR) is 75.8 cm³/mol. The fourth-order valence-electron chi connectivity index (χ4n) is 1.36. The van der Waals surface area contributed by atoms with E-state index in [4.69, 9.17) is 5.73 Å². The summed E-state index contributed by atoms with van der Waals surface area (Å²) in [6.45, 7) is 0.290. The van der Waals surface area contributed by atoms with Gasteiger partial charge in [-0.15, -0.1) is 0 Å². The molecule has 0 fully saturated rings. The number of aromatic nitrogens is 1. The zero-order valence-corrected chi connectivity index (χ0v) is 11.9. The number of rotatable bonds is 3. The summed E-state index contributed by atoms with van der Waals surface area (Å²) in [6, 6.07) is 3.28. The Balaban J connectivity index is 2.74. The van der Waals surface area contributed by atoms with Crippen LogP contribution in [0.3, 0.4) is 0 Å². The molecule has 0 radical (unpaired) electrons. The molecule has 1 aromatic heterocycles. The smallest absolute Gasteiger partial charge is 0.272 e. The average Bonchev–Trinajstić information content (AvgIpc) is 2.44. The molecule has 0 aliphatic carbocycles. The van der Waals surface area contributed by atoms with E-state index in [1.54, 1.807) is 33.3 Å². The summed E-state index contributed by atoms with van der Waals surface area (Å²) in [6.07, 6.45) is 1.51. The zero-order valence-electron chi connectivity index (χ0n) is 11.9. The van der Waals surface area contributed by atoms with Crippen LogP contribution < -0.4 is 5.73 Å². The van der Waals surface area contributed by atoms with Gasteiger partial charge in [-0.05, 0) is 12.1 Å². The summed E-state index contributed by atoms with van der Waals surface area (Å²) in [5, 5.41) is 0. The highest BCUT2D eigenvalue weighted by atomic mass is 16.2. The van der Waals surface area contributed by atoms with Crippen LogP contribution in [-0.2, 0) is 4.79 Å². The van der Waals surface area contributed by atoms with Gasteiger partial charge < -0.3 is 15.5 Å². The first-order valence-corrected chi connectivity index (χ1v) is 6.06. The van der Waals surface area contributed by atoms with E-state index in [0.29, 0.717) is 5.56 Å². The molecule has 20 heavy (non-hydrogen) atoms. The second-order valence-corrected chi connectivity index (χ2v) is 4.39. The minimum absolute atomic E-state index is 0.0161. The van der Waals surface area contributed by atoms with Gasteiger partial charge in [0.1, 0.15) is 5.69 Å². The molecule has 0 atom stereocenters. The molecule has 0 unspecified atom stereocenters. The lowest BCUT2D eigenvalue weighted by Gasteiger charge is -2.18. The van der Waals surface area contributed by atoms with E-state index in [1.807, 2.05) is 0 Å². The maximum atomic E-state index is 12.1. The lowest BCUT2D eigenvalue weighted by Crippen LogP contribution is -2.38. The van der Waals surface area contributed by atoms with Crippen LogP contribution in [0, 0.1) is 11.8 Å². The molecule has 0 saturated carbocycles. The first-order valence-electron chi connectivity index (χ1n) is 6.06. The fraction of sp³-hybridized carbons (Fsp3) is 0.357. The van der Waals surface area contributed by atoms with Crippen LogP contribution in [-0.4, -0.2) is 60.8 Å². The Bertz CT molecular complexity index is 541. The minimum Gasteiger partial charge on any atom is -0.347 e. The summed E-state index contributed by atoms with van der Waals surface area (Å²) < 4.78 is 0. The maximum Gasteiger partial charge on any atom is 0.272 e. The Hall–Kier alpha value is -2.39. The fourth-order valence-corrected chi connectivity index (χ4v) is 1.36. The van der Waals surface area contributed by atoms with Crippen molar-refractivity contribution < 1.29 is 9.59 Å². The number of likely N-dealkylation sites (N-methyl/N-ethyl adjacent to an activating group) is 2. The van der Waals surface area contributed by atoms with Crippen molar-refractivity contribution in [1.82, 2.24) is 14.8 Å². The summed E-state index contributed by atoms with van der Waals surface area (Å²) in [5.74, 6) is 5.08. The summed E-state index contributed by atoms with van der Waals surface area (Å²) in [4.78, 5) is 30.4. The molecule has 0 aromatic carbocycles. The average molecular weight is 274 g/mol. The number of pyridine rings is 1. The predicted octanol–water partition coefficient (Wildman–Crippen LogP) is -0.448. The topological polar surface area (TPSA) is 79.5 Å². The second kappa shape index (κ2) is 7.26. The minimum atomic E-state index is -0.307. The third-order valence-corrected chi connectivity index (χ3v) is 2.54. The molecule has 0 aliphatic rings. The summed E-state index contributed by atoms with van der Waals surface area (Å²) >= 11 is 0. The van der Waals surface area contributed by atoms with Crippen molar-refractivity contribution in [3.8, 4) is 11.8 Å². The third-order valence-electron chi connectivity index (χ3n) is 2.54. The summed E-state index contributed by atoms with van der Waals surface area (Å²) in [5.41, 5.74) is 6.24. The van der Waals surface area contributed by atoms with E-state index in [1.165, 1.54) is 16.0 Å². The maximum absolute atomic E-state index is 12.1. The van der Waals surface area contributed by atoms with Crippen molar-refractivity contribution >= 4 is 11.8 Å². The Labute approximate surface area is 118 Å². The third kappa shape index (κ3) is 4.37. The van der Waals surface area contributed by atoms with Gasteiger partial charge in [-0.3, -0.25) is 9.59 Å². The molecule has 0 aliphatic heterocycles. The SMILES string of the molecule is CN(C)C(=O)CN(C)C(=O)c1ccc(C#CCN)cn1. The van der Waals surface area contributed by atoms with Gasteiger partial charge in [0.25, 0.3) is 5.91 Å². The number of nitrogens with zero attached hydrogens (tertiary/aromatic N) is 3. The van der Waals surface area contributed by atoms with E-state index in [2.05, 4.69) is 16.8 Å². The monoisotopic (exact) mass is 274 g/mol.